The Morgan fingerprint density at radius 3 is 2.70 bits per heavy atom. The maximum atomic E-state index is 11.8. The fourth-order valence-electron chi connectivity index (χ4n) is 3.65. The molecule has 4 atom stereocenters. The Bertz CT molecular complexity index is 413. The van der Waals surface area contributed by atoms with Gasteiger partial charge in [0.05, 0.1) is 18.0 Å². The van der Waals surface area contributed by atoms with Gasteiger partial charge in [-0.2, -0.15) is 0 Å². The first kappa shape index (κ1) is 16.2. The normalized spacial score (nSPS) is 34.9. The fourth-order valence-corrected chi connectivity index (χ4v) is 4.84. The van der Waals surface area contributed by atoms with Gasteiger partial charge in [-0.25, -0.2) is 8.42 Å². The summed E-state index contributed by atoms with van der Waals surface area (Å²) in [4.78, 5) is 2.29. The SMILES string of the molecule is CNC(C1CCCC(S(C)(=O)=O)C1)C1CN(C)CCO1. The van der Waals surface area contributed by atoms with Crippen LogP contribution in [0, 0.1) is 5.92 Å². The Morgan fingerprint density at radius 1 is 1.35 bits per heavy atom. The number of nitrogens with one attached hydrogen (secondary N) is 1. The summed E-state index contributed by atoms with van der Waals surface area (Å²) in [6.45, 7) is 2.66. The summed E-state index contributed by atoms with van der Waals surface area (Å²) in [5, 5.41) is 3.22. The molecule has 20 heavy (non-hydrogen) atoms. The van der Waals surface area contributed by atoms with Gasteiger partial charge in [0.15, 0.2) is 0 Å². The molecule has 2 fully saturated rings. The molecule has 1 heterocycles. The molecule has 1 saturated carbocycles. The molecule has 0 bridgehead atoms. The van der Waals surface area contributed by atoms with Crippen molar-refractivity contribution in [2.24, 2.45) is 5.92 Å². The molecule has 1 saturated heterocycles. The molecule has 6 heteroatoms. The van der Waals surface area contributed by atoms with Crippen LogP contribution in [-0.4, -0.2) is 70.8 Å². The molecule has 5 nitrogen and oxygen atoms in total. The maximum Gasteiger partial charge on any atom is 0.150 e. The van der Waals surface area contributed by atoms with Crippen LogP contribution in [-0.2, 0) is 14.6 Å². The Kier molecular flexibility index (Phi) is 5.45. The van der Waals surface area contributed by atoms with Gasteiger partial charge in [0.1, 0.15) is 9.84 Å². The first-order valence-electron chi connectivity index (χ1n) is 7.58. The molecule has 2 aliphatic rings. The van der Waals surface area contributed by atoms with Crippen LogP contribution in [0.5, 0.6) is 0 Å². The van der Waals surface area contributed by atoms with Crippen molar-refractivity contribution in [1.29, 1.82) is 0 Å². The van der Waals surface area contributed by atoms with Gasteiger partial charge in [0.2, 0.25) is 0 Å². The van der Waals surface area contributed by atoms with E-state index in [4.69, 9.17) is 4.74 Å². The van der Waals surface area contributed by atoms with Crippen molar-refractivity contribution in [3.05, 3.63) is 0 Å². The third-order valence-corrected chi connectivity index (χ3v) is 6.45. The first-order chi connectivity index (χ1) is 9.41. The molecule has 1 N–H and O–H groups in total. The van der Waals surface area contributed by atoms with E-state index in [-0.39, 0.29) is 17.4 Å². The number of rotatable bonds is 4. The van der Waals surface area contributed by atoms with Crippen LogP contribution in [0.1, 0.15) is 25.7 Å². The van der Waals surface area contributed by atoms with Gasteiger partial charge in [-0.05, 0) is 39.3 Å². The van der Waals surface area contributed by atoms with Gasteiger partial charge in [0.25, 0.3) is 0 Å². The van der Waals surface area contributed by atoms with Crippen LogP contribution in [0.4, 0.5) is 0 Å². The van der Waals surface area contributed by atoms with E-state index in [1.165, 1.54) is 6.26 Å². The minimum Gasteiger partial charge on any atom is -0.374 e. The molecule has 0 radical (unpaired) electrons. The molecule has 1 aliphatic carbocycles. The number of nitrogens with zero attached hydrogens (tertiary/aromatic N) is 1. The minimum atomic E-state index is -2.92. The fraction of sp³-hybridized carbons (Fsp3) is 1.00. The molecule has 1 aliphatic heterocycles. The molecule has 0 amide bonds. The van der Waals surface area contributed by atoms with E-state index in [1.807, 2.05) is 7.05 Å². The third kappa shape index (κ3) is 3.93. The topological polar surface area (TPSA) is 58.6 Å². The number of ether oxygens (including phenoxy) is 1. The third-order valence-electron chi connectivity index (χ3n) is 4.81. The van der Waals surface area contributed by atoms with E-state index in [9.17, 15) is 8.42 Å². The highest BCUT2D eigenvalue weighted by Crippen LogP contribution is 2.32. The number of hydrogen-bond acceptors (Lipinski definition) is 5. The van der Waals surface area contributed by atoms with Crippen molar-refractivity contribution in [2.75, 3.05) is 40.0 Å². The zero-order chi connectivity index (χ0) is 14.8. The second-order valence-electron chi connectivity index (χ2n) is 6.36. The number of morpholine rings is 1. The van der Waals surface area contributed by atoms with Crippen LogP contribution in [0.3, 0.4) is 0 Å². The predicted octanol–water partition coefficient (Wildman–Crippen LogP) is 0.508. The van der Waals surface area contributed by atoms with Crippen molar-refractivity contribution in [1.82, 2.24) is 10.2 Å². The van der Waals surface area contributed by atoms with Crippen molar-refractivity contribution in [2.45, 2.75) is 43.1 Å². The molecule has 0 spiro atoms. The van der Waals surface area contributed by atoms with Crippen molar-refractivity contribution in [3.63, 3.8) is 0 Å². The molecule has 2 rings (SSSR count). The largest absolute Gasteiger partial charge is 0.374 e. The zero-order valence-corrected chi connectivity index (χ0v) is 13.7. The summed E-state index contributed by atoms with van der Waals surface area (Å²) in [5.74, 6) is 0.393. The summed E-state index contributed by atoms with van der Waals surface area (Å²) in [5.41, 5.74) is 0. The Labute approximate surface area is 123 Å². The summed E-state index contributed by atoms with van der Waals surface area (Å²) in [7, 11) is 1.16. The van der Waals surface area contributed by atoms with Gasteiger partial charge in [0, 0.05) is 25.4 Å². The smallest absolute Gasteiger partial charge is 0.150 e. The minimum absolute atomic E-state index is 0.168. The van der Waals surface area contributed by atoms with Gasteiger partial charge < -0.3 is 15.0 Å². The Hall–Kier alpha value is -0.170. The molecule has 0 aromatic carbocycles. The molecule has 118 valence electrons. The summed E-state index contributed by atoms with van der Waals surface area (Å²) < 4.78 is 29.5. The molecule has 0 aromatic rings. The standard InChI is InChI=1S/C14H28N2O3S/c1-15-14(13-10-16(2)7-8-19-13)11-5-4-6-12(9-11)20(3,17)18/h11-15H,4-10H2,1-3H3. The lowest BCUT2D eigenvalue weighted by Gasteiger charge is -2.41. The monoisotopic (exact) mass is 304 g/mol. The quantitative estimate of drug-likeness (QED) is 0.820. The lowest BCUT2D eigenvalue weighted by Crippen LogP contribution is -2.54. The van der Waals surface area contributed by atoms with E-state index in [0.717, 1.165) is 45.4 Å². The summed E-state index contributed by atoms with van der Waals surface area (Å²) in [6, 6.07) is 0.252. The Balaban J connectivity index is 2.03. The van der Waals surface area contributed by atoms with Crippen molar-refractivity contribution < 1.29 is 13.2 Å². The van der Waals surface area contributed by atoms with Crippen LogP contribution < -0.4 is 5.32 Å². The zero-order valence-electron chi connectivity index (χ0n) is 12.8. The van der Waals surface area contributed by atoms with E-state index < -0.39 is 9.84 Å². The highest BCUT2D eigenvalue weighted by molar-refractivity contribution is 7.91. The van der Waals surface area contributed by atoms with Crippen LogP contribution in [0.25, 0.3) is 0 Å². The maximum absolute atomic E-state index is 11.8. The van der Waals surface area contributed by atoms with E-state index in [0.29, 0.717) is 5.92 Å². The average Bonchev–Trinajstić information content (AvgIpc) is 2.39. The molecular weight excluding hydrogens is 276 g/mol. The lowest BCUT2D eigenvalue weighted by atomic mass is 9.81. The van der Waals surface area contributed by atoms with E-state index >= 15 is 0 Å². The van der Waals surface area contributed by atoms with Crippen LogP contribution in [0.2, 0.25) is 0 Å². The highest BCUT2D eigenvalue weighted by Gasteiger charge is 2.37. The second-order valence-corrected chi connectivity index (χ2v) is 8.69. The molecular formula is C14H28N2O3S. The highest BCUT2D eigenvalue weighted by atomic mass is 32.2. The number of sulfone groups is 1. The van der Waals surface area contributed by atoms with Gasteiger partial charge >= 0.3 is 0 Å². The first-order valence-corrected chi connectivity index (χ1v) is 9.53. The average molecular weight is 304 g/mol. The van der Waals surface area contributed by atoms with Gasteiger partial charge in [-0.1, -0.05) is 6.42 Å². The molecule has 4 unspecified atom stereocenters. The van der Waals surface area contributed by atoms with Crippen LogP contribution >= 0.6 is 0 Å². The van der Waals surface area contributed by atoms with Crippen molar-refractivity contribution >= 4 is 9.84 Å². The van der Waals surface area contributed by atoms with Gasteiger partial charge in [-0.15, -0.1) is 0 Å². The predicted molar refractivity (Wildman–Crippen MR) is 80.7 cm³/mol. The van der Waals surface area contributed by atoms with Crippen molar-refractivity contribution in [3.8, 4) is 0 Å². The summed E-state index contributed by atoms with van der Waals surface area (Å²) >= 11 is 0. The van der Waals surface area contributed by atoms with Gasteiger partial charge in [-0.3, -0.25) is 0 Å². The summed E-state index contributed by atoms with van der Waals surface area (Å²) in [6.07, 6.45) is 5.23. The second kappa shape index (κ2) is 6.73. The van der Waals surface area contributed by atoms with E-state index in [2.05, 4.69) is 17.3 Å². The molecule has 0 aromatic heterocycles. The van der Waals surface area contributed by atoms with E-state index in [1.54, 1.807) is 0 Å². The van der Waals surface area contributed by atoms with Crippen LogP contribution in [0.15, 0.2) is 0 Å². The number of likely N-dealkylation sites (N-methyl/N-ethyl adjacent to an activating group) is 2. The Morgan fingerprint density at radius 2 is 2.10 bits per heavy atom. The lowest BCUT2D eigenvalue weighted by molar-refractivity contribution is -0.0507. The number of hydrogen-bond donors (Lipinski definition) is 1.